The van der Waals surface area contributed by atoms with E-state index in [1.54, 1.807) is 6.08 Å². The number of carbonyl (C=O) groups is 2. The highest BCUT2D eigenvalue weighted by atomic mass is 16.4. The Morgan fingerprint density at radius 1 is 1.53 bits per heavy atom. The molecule has 0 aliphatic rings. The van der Waals surface area contributed by atoms with Crippen molar-refractivity contribution in [3.8, 4) is 0 Å². The van der Waals surface area contributed by atoms with Gasteiger partial charge in [-0.15, -0.1) is 6.58 Å². The molecular weight excluding hydrogens is 220 g/mol. The summed E-state index contributed by atoms with van der Waals surface area (Å²) in [6.07, 6.45) is 3.43. The van der Waals surface area contributed by atoms with Gasteiger partial charge in [-0.05, 0) is 26.7 Å². The Morgan fingerprint density at radius 2 is 2.12 bits per heavy atom. The summed E-state index contributed by atoms with van der Waals surface area (Å²) in [4.78, 5) is 22.7. The van der Waals surface area contributed by atoms with Gasteiger partial charge in [-0.25, -0.2) is 9.59 Å². The van der Waals surface area contributed by atoms with Gasteiger partial charge < -0.3 is 15.7 Å². The van der Waals surface area contributed by atoms with Crippen LogP contribution in [-0.2, 0) is 4.79 Å². The minimum atomic E-state index is -1.22. The molecule has 0 fully saturated rings. The van der Waals surface area contributed by atoms with Gasteiger partial charge >= 0.3 is 12.0 Å². The number of carboxylic acid groups (broad SMARTS) is 1. The second-order valence-corrected chi connectivity index (χ2v) is 4.41. The smallest absolute Gasteiger partial charge is 0.329 e. The minimum absolute atomic E-state index is 0.0628. The summed E-state index contributed by atoms with van der Waals surface area (Å²) in [6, 6.07) is -0.523. The van der Waals surface area contributed by atoms with Crippen molar-refractivity contribution >= 4 is 12.0 Å². The monoisotopic (exact) mass is 242 g/mol. The molecule has 0 radical (unpaired) electrons. The fourth-order valence-corrected chi connectivity index (χ4v) is 1.54. The number of hydrogen-bond acceptors (Lipinski definition) is 2. The maximum Gasteiger partial charge on any atom is 0.329 e. The van der Waals surface area contributed by atoms with Crippen molar-refractivity contribution in [2.45, 2.75) is 51.6 Å². The van der Waals surface area contributed by atoms with Gasteiger partial charge in [0.1, 0.15) is 5.54 Å². The second kappa shape index (κ2) is 6.93. The lowest BCUT2D eigenvalue weighted by atomic mass is 9.96. The first kappa shape index (κ1) is 15.5. The summed E-state index contributed by atoms with van der Waals surface area (Å²) >= 11 is 0. The van der Waals surface area contributed by atoms with E-state index in [9.17, 15) is 9.59 Å². The summed E-state index contributed by atoms with van der Waals surface area (Å²) in [6.45, 7) is 8.79. The largest absolute Gasteiger partial charge is 0.480 e. The third-order valence-electron chi connectivity index (χ3n) is 2.51. The highest BCUT2D eigenvalue weighted by Crippen LogP contribution is 2.12. The Kier molecular flexibility index (Phi) is 6.31. The molecule has 0 saturated heterocycles. The van der Waals surface area contributed by atoms with Gasteiger partial charge in [0, 0.05) is 6.04 Å². The second-order valence-electron chi connectivity index (χ2n) is 4.41. The molecule has 0 aromatic carbocycles. The van der Waals surface area contributed by atoms with Crippen LogP contribution in [0.1, 0.15) is 40.0 Å². The molecule has 0 aromatic rings. The van der Waals surface area contributed by atoms with Gasteiger partial charge in [0.15, 0.2) is 0 Å². The zero-order valence-electron chi connectivity index (χ0n) is 10.7. The van der Waals surface area contributed by atoms with Gasteiger partial charge in [-0.3, -0.25) is 0 Å². The SMILES string of the molecule is C=CCC(C)NC(=O)NC(C)(CCC)C(=O)O. The van der Waals surface area contributed by atoms with Crippen molar-refractivity contribution in [2.24, 2.45) is 0 Å². The molecule has 0 saturated carbocycles. The topological polar surface area (TPSA) is 78.4 Å². The molecule has 0 heterocycles. The highest BCUT2D eigenvalue weighted by molar-refractivity contribution is 5.85. The van der Waals surface area contributed by atoms with Gasteiger partial charge in [0.05, 0.1) is 0 Å². The lowest BCUT2D eigenvalue weighted by molar-refractivity contribution is -0.144. The number of carbonyl (C=O) groups excluding carboxylic acids is 1. The average Bonchev–Trinajstić information content (AvgIpc) is 2.17. The Hall–Kier alpha value is -1.52. The lowest BCUT2D eigenvalue weighted by Gasteiger charge is -2.26. The first-order valence-corrected chi connectivity index (χ1v) is 5.78. The Labute approximate surface area is 102 Å². The van der Waals surface area contributed by atoms with Gasteiger partial charge in [0.2, 0.25) is 0 Å². The predicted octanol–water partition coefficient (Wildman–Crippen LogP) is 1.89. The van der Waals surface area contributed by atoms with Crippen molar-refractivity contribution in [3.63, 3.8) is 0 Å². The summed E-state index contributed by atoms with van der Waals surface area (Å²) in [5.41, 5.74) is -1.22. The molecular formula is C12H22N2O3. The third-order valence-corrected chi connectivity index (χ3v) is 2.51. The Balaban J connectivity index is 4.41. The summed E-state index contributed by atoms with van der Waals surface area (Å²) in [7, 11) is 0. The number of aliphatic carboxylic acids is 1. The predicted molar refractivity (Wildman–Crippen MR) is 66.9 cm³/mol. The molecule has 0 rings (SSSR count). The number of rotatable bonds is 7. The van der Waals surface area contributed by atoms with E-state index < -0.39 is 17.5 Å². The van der Waals surface area contributed by atoms with Crippen LogP contribution in [-0.4, -0.2) is 28.7 Å². The molecule has 3 N–H and O–H groups in total. The van der Waals surface area contributed by atoms with E-state index in [-0.39, 0.29) is 6.04 Å². The van der Waals surface area contributed by atoms with E-state index in [1.807, 2.05) is 13.8 Å². The molecule has 98 valence electrons. The molecule has 5 nitrogen and oxygen atoms in total. The quantitative estimate of drug-likeness (QED) is 0.596. The van der Waals surface area contributed by atoms with E-state index in [2.05, 4.69) is 17.2 Å². The van der Waals surface area contributed by atoms with E-state index in [0.29, 0.717) is 19.3 Å². The molecule has 2 unspecified atom stereocenters. The summed E-state index contributed by atoms with van der Waals surface area (Å²) < 4.78 is 0. The van der Waals surface area contributed by atoms with Gasteiger partial charge in [-0.1, -0.05) is 19.4 Å². The summed E-state index contributed by atoms with van der Waals surface area (Å²) in [5.74, 6) is -1.02. The standard InChI is InChI=1S/C12H22N2O3/c1-5-7-9(3)13-11(17)14-12(4,8-6-2)10(15)16/h5,9H,1,6-8H2,2-4H3,(H,15,16)(H2,13,14,17). The van der Waals surface area contributed by atoms with Crippen molar-refractivity contribution < 1.29 is 14.7 Å². The molecule has 0 aliphatic carbocycles. The molecule has 0 aliphatic heterocycles. The Bertz CT molecular complexity index is 291. The summed E-state index contributed by atoms with van der Waals surface area (Å²) in [5, 5.41) is 14.3. The number of hydrogen-bond donors (Lipinski definition) is 3. The van der Waals surface area contributed by atoms with Gasteiger partial charge in [0.25, 0.3) is 0 Å². The van der Waals surface area contributed by atoms with Crippen LogP contribution in [0.5, 0.6) is 0 Å². The number of carboxylic acids is 1. The van der Waals surface area contributed by atoms with E-state index in [1.165, 1.54) is 6.92 Å². The minimum Gasteiger partial charge on any atom is -0.480 e. The number of nitrogens with one attached hydrogen (secondary N) is 2. The first-order chi connectivity index (χ1) is 7.85. The molecule has 0 bridgehead atoms. The van der Waals surface area contributed by atoms with Crippen molar-refractivity contribution in [1.82, 2.24) is 10.6 Å². The molecule has 2 atom stereocenters. The van der Waals surface area contributed by atoms with Crippen LogP contribution in [0.25, 0.3) is 0 Å². The van der Waals surface area contributed by atoms with Crippen LogP contribution in [0.2, 0.25) is 0 Å². The molecule has 0 aromatic heterocycles. The van der Waals surface area contributed by atoms with Crippen LogP contribution in [0.3, 0.4) is 0 Å². The van der Waals surface area contributed by atoms with E-state index >= 15 is 0 Å². The molecule has 5 heteroatoms. The highest BCUT2D eigenvalue weighted by Gasteiger charge is 2.33. The van der Waals surface area contributed by atoms with E-state index in [0.717, 1.165) is 0 Å². The van der Waals surface area contributed by atoms with Crippen molar-refractivity contribution in [3.05, 3.63) is 12.7 Å². The van der Waals surface area contributed by atoms with Crippen molar-refractivity contribution in [1.29, 1.82) is 0 Å². The fourth-order valence-electron chi connectivity index (χ4n) is 1.54. The molecule has 17 heavy (non-hydrogen) atoms. The maximum absolute atomic E-state index is 11.6. The number of urea groups is 1. The average molecular weight is 242 g/mol. The van der Waals surface area contributed by atoms with Gasteiger partial charge in [-0.2, -0.15) is 0 Å². The van der Waals surface area contributed by atoms with Crippen LogP contribution in [0.4, 0.5) is 4.79 Å². The first-order valence-electron chi connectivity index (χ1n) is 5.78. The van der Waals surface area contributed by atoms with Crippen LogP contribution >= 0.6 is 0 Å². The van der Waals surface area contributed by atoms with Crippen LogP contribution < -0.4 is 10.6 Å². The zero-order valence-corrected chi connectivity index (χ0v) is 10.7. The third kappa shape index (κ3) is 5.38. The van der Waals surface area contributed by atoms with Crippen LogP contribution in [0, 0.1) is 0 Å². The molecule has 2 amide bonds. The normalized spacial score (nSPS) is 15.5. The van der Waals surface area contributed by atoms with Crippen molar-refractivity contribution in [2.75, 3.05) is 0 Å². The fraction of sp³-hybridized carbons (Fsp3) is 0.667. The zero-order chi connectivity index (χ0) is 13.5. The lowest BCUT2D eigenvalue weighted by Crippen LogP contribution is -2.56. The molecule has 0 spiro atoms. The Morgan fingerprint density at radius 3 is 2.53 bits per heavy atom. The van der Waals surface area contributed by atoms with Crippen LogP contribution in [0.15, 0.2) is 12.7 Å². The van der Waals surface area contributed by atoms with E-state index in [4.69, 9.17) is 5.11 Å². The number of amides is 2. The maximum atomic E-state index is 11.6.